The van der Waals surface area contributed by atoms with Gasteiger partial charge in [0.2, 0.25) is 0 Å². The van der Waals surface area contributed by atoms with Gasteiger partial charge >= 0.3 is 6.03 Å². The van der Waals surface area contributed by atoms with E-state index in [0.29, 0.717) is 0 Å². The highest BCUT2D eigenvalue weighted by Gasteiger charge is 2.22. The molecule has 4 nitrogen and oxygen atoms in total. The van der Waals surface area contributed by atoms with E-state index in [9.17, 15) is 4.79 Å². The Hall–Kier alpha value is -0.480. The highest BCUT2D eigenvalue weighted by Crippen LogP contribution is 2.11. The highest BCUT2D eigenvalue weighted by atomic mass is 35.5. The Morgan fingerprint density at radius 2 is 1.38 bits per heavy atom. The van der Waals surface area contributed by atoms with Crippen molar-refractivity contribution in [1.82, 2.24) is 15.1 Å². The Morgan fingerprint density at radius 3 is 1.94 bits per heavy atom. The smallest absolute Gasteiger partial charge is 0.320 e. The molecule has 0 bridgehead atoms. The van der Waals surface area contributed by atoms with Crippen molar-refractivity contribution in [2.24, 2.45) is 0 Å². The minimum Gasteiger partial charge on any atom is -0.325 e. The van der Waals surface area contributed by atoms with Crippen molar-refractivity contribution in [2.45, 2.75) is 25.7 Å². The van der Waals surface area contributed by atoms with Crippen molar-refractivity contribution in [1.29, 1.82) is 0 Å². The molecular formula is C11H24ClN3O. The molecule has 0 atom stereocenters. The summed E-state index contributed by atoms with van der Waals surface area (Å²) < 4.78 is 0. The lowest BCUT2D eigenvalue weighted by atomic mass is 10.2. The van der Waals surface area contributed by atoms with Gasteiger partial charge in [-0.05, 0) is 12.8 Å². The molecule has 5 heteroatoms. The molecule has 2 saturated heterocycles. The monoisotopic (exact) mass is 249 g/mol. The molecule has 2 aliphatic rings. The number of carbonyl (C=O) groups is 1. The molecule has 2 fully saturated rings. The fourth-order valence-corrected chi connectivity index (χ4v) is 2.32. The van der Waals surface area contributed by atoms with Crippen molar-refractivity contribution in [3.63, 3.8) is 0 Å². The zero-order valence-electron chi connectivity index (χ0n) is 9.78. The zero-order valence-corrected chi connectivity index (χ0v) is 10.6. The fraction of sp³-hybridized carbons (Fsp3) is 0.909. The first-order valence-electron chi connectivity index (χ1n) is 6.12. The standard InChI is InChI=1S/C11H21N3O.ClH.H2/c15-11(14-9-5-12-6-10-14)13-7-3-1-2-4-8-13;;/h12H,1-10H2;2*1H. The molecule has 2 heterocycles. The minimum atomic E-state index is 0. The first-order valence-corrected chi connectivity index (χ1v) is 6.12. The predicted molar refractivity (Wildman–Crippen MR) is 69.2 cm³/mol. The maximum atomic E-state index is 12.1. The van der Waals surface area contributed by atoms with Gasteiger partial charge in [-0.1, -0.05) is 12.8 Å². The number of halogens is 1. The maximum absolute atomic E-state index is 12.1. The topological polar surface area (TPSA) is 35.6 Å². The van der Waals surface area contributed by atoms with Gasteiger partial charge in [0.15, 0.2) is 0 Å². The molecule has 2 amide bonds. The summed E-state index contributed by atoms with van der Waals surface area (Å²) >= 11 is 0. The van der Waals surface area contributed by atoms with Gasteiger partial charge in [0.05, 0.1) is 0 Å². The Labute approximate surface area is 105 Å². The van der Waals surface area contributed by atoms with Crippen LogP contribution in [-0.2, 0) is 0 Å². The Balaban J connectivity index is 0.00000128. The van der Waals surface area contributed by atoms with E-state index in [4.69, 9.17) is 0 Å². The number of carbonyl (C=O) groups excluding carboxylic acids is 1. The van der Waals surface area contributed by atoms with Crippen LogP contribution in [0.4, 0.5) is 4.79 Å². The Bertz CT molecular complexity index is 217. The predicted octanol–water partition coefficient (Wildman–Crippen LogP) is 1.56. The molecule has 0 aliphatic carbocycles. The molecule has 0 saturated carbocycles. The number of hydrogen-bond acceptors (Lipinski definition) is 2. The molecule has 0 unspecified atom stereocenters. The first-order chi connectivity index (χ1) is 7.38. The van der Waals surface area contributed by atoms with Crippen LogP contribution in [0.2, 0.25) is 0 Å². The van der Waals surface area contributed by atoms with E-state index < -0.39 is 0 Å². The van der Waals surface area contributed by atoms with Crippen molar-refractivity contribution < 1.29 is 6.22 Å². The highest BCUT2D eigenvalue weighted by molar-refractivity contribution is 5.85. The lowest BCUT2D eigenvalue weighted by Gasteiger charge is -2.32. The van der Waals surface area contributed by atoms with Gasteiger partial charge in [-0.2, -0.15) is 0 Å². The second-order valence-corrected chi connectivity index (χ2v) is 4.42. The molecule has 0 aromatic rings. The lowest BCUT2D eigenvalue weighted by Crippen LogP contribution is -2.51. The third-order valence-corrected chi connectivity index (χ3v) is 3.26. The third-order valence-electron chi connectivity index (χ3n) is 3.26. The minimum absolute atomic E-state index is 0. The Kier molecular flexibility index (Phi) is 5.91. The molecule has 0 aromatic carbocycles. The van der Waals surface area contributed by atoms with Crippen molar-refractivity contribution in [2.75, 3.05) is 39.3 Å². The van der Waals surface area contributed by atoms with Crippen LogP contribution in [0.1, 0.15) is 27.1 Å². The molecule has 1 N–H and O–H groups in total. The third kappa shape index (κ3) is 3.52. The fourth-order valence-electron chi connectivity index (χ4n) is 2.32. The van der Waals surface area contributed by atoms with E-state index in [1.165, 1.54) is 25.7 Å². The van der Waals surface area contributed by atoms with Gasteiger partial charge in [-0.3, -0.25) is 0 Å². The summed E-state index contributed by atoms with van der Waals surface area (Å²) in [4.78, 5) is 16.2. The van der Waals surface area contributed by atoms with Gasteiger partial charge in [0.25, 0.3) is 0 Å². The summed E-state index contributed by atoms with van der Waals surface area (Å²) in [6.07, 6.45) is 4.92. The summed E-state index contributed by atoms with van der Waals surface area (Å²) in [6, 6.07) is 0.262. The van der Waals surface area contributed by atoms with Crippen molar-refractivity contribution >= 4 is 18.4 Å². The SMILES string of the molecule is Cl.O=C(N1CCCCCC1)N1CCNCC1.[HH]. The molecule has 16 heavy (non-hydrogen) atoms. The molecule has 0 radical (unpaired) electrons. The Morgan fingerprint density at radius 1 is 0.875 bits per heavy atom. The van der Waals surface area contributed by atoms with Crippen LogP contribution in [0.15, 0.2) is 0 Å². The molecule has 0 spiro atoms. The number of nitrogens with zero attached hydrogens (tertiary/aromatic N) is 2. The number of nitrogens with one attached hydrogen (secondary N) is 1. The summed E-state index contributed by atoms with van der Waals surface area (Å²) in [5.74, 6) is 0. The van der Waals surface area contributed by atoms with Crippen LogP contribution in [0, 0.1) is 0 Å². The van der Waals surface area contributed by atoms with Crippen LogP contribution < -0.4 is 5.32 Å². The first kappa shape index (κ1) is 13.6. The summed E-state index contributed by atoms with van der Waals surface area (Å²) in [7, 11) is 0. The number of rotatable bonds is 0. The van der Waals surface area contributed by atoms with Gasteiger partial charge in [0, 0.05) is 40.7 Å². The van der Waals surface area contributed by atoms with Gasteiger partial charge < -0.3 is 15.1 Å². The van der Waals surface area contributed by atoms with Gasteiger partial charge in [-0.25, -0.2) is 4.79 Å². The number of hydrogen-bond donors (Lipinski definition) is 1. The average molecular weight is 250 g/mol. The summed E-state index contributed by atoms with van der Waals surface area (Å²) in [5, 5.41) is 3.27. The molecule has 2 rings (SSSR count). The largest absolute Gasteiger partial charge is 0.325 e. The van der Waals surface area contributed by atoms with Gasteiger partial charge in [-0.15, -0.1) is 12.4 Å². The van der Waals surface area contributed by atoms with Crippen LogP contribution in [0.5, 0.6) is 0 Å². The number of urea groups is 1. The average Bonchev–Trinajstić information content (AvgIpc) is 2.58. The molecular weight excluding hydrogens is 226 g/mol. The van der Waals surface area contributed by atoms with E-state index in [-0.39, 0.29) is 19.9 Å². The molecule has 0 aromatic heterocycles. The number of likely N-dealkylation sites (tertiary alicyclic amines) is 1. The van der Waals surface area contributed by atoms with E-state index in [1.807, 2.05) is 9.80 Å². The summed E-state index contributed by atoms with van der Waals surface area (Å²) in [5.41, 5.74) is 0. The number of piperazine rings is 1. The maximum Gasteiger partial charge on any atom is 0.320 e. The van der Waals surface area contributed by atoms with E-state index in [2.05, 4.69) is 5.32 Å². The molecule has 96 valence electrons. The van der Waals surface area contributed by atoms with Crippen LogP contribution in [0.25, 0.3) is 0 Å². The van der Waals surface area contributed by atoms with E-state index in [1.54, 1.807) is 0 Å². The van der Waals surface area contributed by atoms with E-state index in [0.717, 1.165) is 39.3 Å². The van der Waals surface area contributed by atoms with Crippen LogP contribution in [0.3, 0.4) is 0 Å². The second-order valence-electron chi connectivity index (χ2n) is 4.42. The van der Waals surface area contributed by atoms with Crippen molar-refractivity contribution in [3.8, 4) is 0 Å². The van der Waals surface area contributed by atoms with Crippen molar-refractivity contribution in [3.05, 3.63) is 0 Å². The zero-order chi connectivity index (χ0) is 10.5. The second kappa shape index (κ2) is 6.97. The van der Waals surface area contributed by atoms with Gasteiger partial charge in [0.1, 0.15) is 0 Å². The normalized spacial score (nSPS) is 22.2. The number of amides is 2. The summed E-state index contributed by atoms with van der Waals surface area (Å²) in [6.45, 7) is 5.55. The lowest BCUT2D eigenvalue weighted by molar-refractivity contribution is 0.148. The quantitative estimate of drug-likeness (QED) is 0.707. The molecule has 2 aliphatic heterocycles. The van der Waals surface area contributed by atoms with Crippen LogP contribution >= 0.6 is 12.4 Å². The van der Waals surface area contributed by atoms with Crippen LogP contribution in [-0.4, -0.2) is 55.1 Å². The van der Waals surface area contributed by atoms with E-state index >= 15 is 0 Å².